The van der Waals surface area contributed by atoms with E-state index in [4.69, 9.17) is 18.6 Å². The standard InChI is InChI=1S/C20H14N2O7/c23-20(26-11-19-21-10-18(29-19)13-4-2-1-3-5-13)7-6-14-8-16-17(28-12-27-16)9-15(14)22(24)25/h1-10H,11-12H2/b7-6+. The van der Waals surface area contributed by atoms with Gasteiger partial charge in [-0.3, -0.25) is 10.1 Å². The van der Waals surface area contributed by atoms with E-state index >= 15 is 0 Å². The van der Waals surface area contributed by atoms with E-state index in [2.05, 4.69) is 4.98 Å². The van der Waals surface area contributed by atoms with Gasteiger partial charge < -0.3 is 18.6 Å². The van der Waals surface area contributed by atoms with Crippen LogP contribution in [0.5, 0.6) is 11.5 Å². The Balaban J connectivity index is 1.41. The van der Waals surface area contributed by atoms with Crippen LogP contribution in [0.4, 0.5) is 5.69 Å². The van der Waals surface area contributed by atoms with Gasteiger partial charge in [0.05, 0.1) is 22.7 Å². The number of oxazole rings is 1. The molecule has 1 aromatic heterocycles. The molecule has 9 nitrogen and oxygen atoms in total. The highest BCUT2D eigenvalue weighted by Crippen LogP contribution is 2.38. The Morgan fingerprint density at radius 3 is 2.72 bits per heavy atom. The summed E-state index contributed by atoms with van der Waals surface area (Å²) in [6.07, 6.45) is 3.92. The second kappa shape index (κ2) is 7.85. The largest absolute Gasteiger partial charge is 0.454 e. The molecule has 0 spiro atoms. The molecule has 9 heteroatoms. The summed E-state index contributed by atoms with van der Waals surface area (Å²) in [5, 5.41) is 11.2. The van der Waals surface area contributed by atoms with Crippen LogP contribution in [0.15, 0.2) is 59.2 Å². The Bertz CT molecular complexity index is 1090. The molecule has 0 saturated carbocycles. The van der Waals surface area contributed by atoms with Gasteiger partial charge >= 0.3 is 5.97 Å². The second-order valence-corrected chi connectivity index (χ2v) is 5.95. The first-order valence-electron chi connectivity index (χ1n) is 8.53. The van der Waals surface area contributed by atoms with E-state index in [1.165, 1.54) is 18.2 Å². The van der Waals surface area contributed by atoms with Crippen molar-refractivity contribution in [1.29, 1.82) is 0 Å². The van der Waals surface area contributed by atoms with Crippen LogP contribution in [0.3, 0.4) is 0 Å². The number of fused-ring (bicyclic) bond motifs is 1. The third-order valence-corrected chi connectivity index (χ3v) is 4.07. The summed E-state index contributed by atoms with van der Waals surface area (Å²) < 4.78 is 21.0. The van der Waals surface area contributed by atoms with Gasteiger partial charge in [-0.15, -0.1) is 0 Å². The molecule has 146 valence electrons. The first kappa shape index (κ1) is 18.2. The number of benzene rings is 2. The van der Waals surface area contributed by atoms with Gasteiger partial charge in [0.25, 0.3) is 5.69 Å². The molecule has 29 heavy (non-hydrogen) atoms. The van der Waals surface area contributed by atoms with Gasteiger partial charge in [0, 0.05) is 11.6 Å². The maximum Gasteiger partial charge on any atom is 0.331 e. The molecule has 0 fully saturated rings. The molecule has 0 aliphatic carbocycles. The van der Waals surface area contributed by atoms with Crippen molar-refractivity contribution < 1.29 is 28.3 Å². The topological polar surface area (TPSA) is 114 Å². The molecule has 1 aliphatic rings. The molecule has 1 aliphatic heterocycles. The predicted octanol–water partition coefficient (Wildman–Crippen LogP) is 3.74. The highest BCUT2D eigenvalue weighted by atomic mass is 16.7. The second-order valence-electron chi connectivity index (χ2n) is 5.95. The van der Waals surface area contributed by atoms with Gasteiger partial charge in [-0.1, -0.05) is 30.3 Å². The van der Waals surface area contributed by atoms with E-state index in [1.54, 1.807) is 6.20 Å². The number of hydrogen-bond donors (Lipinski definition) is 0. The Kier molecular flexibility index (Phi) is 4.93. The fourth-order valence-electron chi connectivity index (χ4n) is 2.69. The Morgan fingerprint density at radius 2 is 1.97 bits per heavy atom. The van der Waals surface area contributed by atoms with Crippen molar-refractivity contribution >= 4 is 17.7 Å². The SMILES string of the molecule is O=C(/C=C/c1cc2c(cc1[N+](=O)[O-])OCO2)OCc1ncc(-c2ccccc2)o1. The third kappa shape index (κ3) is 4.08. The summed E-state index contributed by atoms with van der Waals surface area (Å²) in [7, 11) is 0. The van der Waals surface area contributed by atoms with E-state index in [-0.39, 0.29) is 36.3 Å². The highest BCUT2D eigenvalue weighted by Gasteiger charge is 2.22. The zero-order chi connectivity index (χ0) is 20.2. The van der Waals surface area contributed by atoms with Gasteiger partial charge in [0.2, 0.25) is 12.7 Å². The summed E-state index contributed by atoms with van der Waals surface area (Å²) in [4.78, 5) is 26.7. The number of carbonyl (C=O) groups is 1. The number of hydrogen-bond acceptors (Lipinski definition) is 8. The summed E-state index contributed by atoms with van der Waals surface area (Å²) in [5.74, 6) is 0.755. The fraction of sp³-hybridized carbons (Fsp3) is 0.100. The monoisotopic (exact) mass is 394 g/mol. The average Bonchev–Trinajstić information content (AvgIpc) is 3.39. The van der Waals surface area contributed by atoms with Gasteiger partial charge in [0.15, 0.2) is 23.9 Å². The van der Waals surface area contributed by atoms with Crippen LogP contribution < -0.4 is 9.47 Å². The number of ether oxygens (including phenoxy) is 3. The van der Waals surface area contributed by atoms with Crippen LogP contribution in [-0.2, 0) is 16.1 Å². The van der Waals surface area contributed by atoms with Crippen molar-refractivity contribution in [2.24, 2.45) is 0 Å². The first-order chi connectivity index (χ1) is 14.1. The molecule has 0 N–H and O–H groups in total. The normalized spacial score (nSPS) is 12.3. The zero-order valence-electron chi connectivity index (χ0n) is 14.9. The lowest BCUT2D eigenvalue weighted by molar-refractivity contribution is -0.385. The van der Waals surface area contributed by atoms with E-state index in [0.717, 1.165) is 11.6 Å². The van der Waals surface area contributed by atoms with Crippen molar-refractivity contribution in [2.45, 2.75) is 6.61 Å². The molecule has 0 unspecified atom stereocenters. The maximum absolute atomic E-state index is 12.0. The zero-order valence-corrected chi connectivity index (χ0v) is 14.9. The summed E-state index contributed by atoms with van der Waals surface area (Å²) in [6.45, 7) is -0.179. The van der Waals surface area contributed by atoms with Crippen LogP contribution in [0.25, 0.3) is 17.4 Å². The van der Waals surface area contributed by atoms with Crippen molar-refractivity contribution in [3.05, 3.63) is 76.3 Å². The molecular weight excluding hydrogens is 380 g/mol. The smallest absolute Gasteiger partial charge is 0.331 e. The molecule has 0 atom stereocenters. The van der Waals surface area contributed by atoms with Gasteiger partial charge in [0.1, 0.15) is 0 Å². The van der Waals surface area contributed by atoms with Crippen molar-refractivity contribution in [2.75, 3.05) is 6.79 Å². The minimum absolute atomic E-state index is 0.0111. The van der Waals surface area contributed by atoms with Crippen LogP contribution in [0.1, 0.15) is 11.5 Å². The molecule has 2 heterocycles. The van der Waals surface area contributed by atoms with E-state index in [1.807, 2.05) is 30.3 Å². The minimum atomic E-state index is -0.698. The number of rotatable bonds is 6. The van der Waals surface area contributed by atoms with Crippen LogP contribution in [-0.4, -0.2) is 22.7 Å². The van der Waals surface area contributed by atoms with E-state index in [9.17, 15) is 14.9 Å². The molecular formula is C20H14N2O7. The molecule has 0 radical (unpaired) electrons. The summed E-state index contributed by atoms with van der Waals surface area (Å²) in [6, 6.07) is 12.1. The number of esters is 1. The summed E-state index contributed by atoms with van der Waals surface area (Å²) >= 11 is 0. The molecule has 3 aromatic rings. The van der Waals surface area contributed by atoms with Gasteiger partial charge in [-0.2, -0.15) is 0 Å². The highest BCUT2D eigenvalue weighted by molar-refractivity contribution is 5.88. The number of nitrogens with zero attached hydrogens (tertiary/aromatic N) is 2. The van der Waals surface area contributed by atoms with E-state index in [0.29, 0.717) is 11.5 Å². The minimum Gasteiger partial charge on any atom is -0.454 e. The van der Waals surface area contributed by atoms with E-state index < -0.39 is 10.9 Å². The number of nitro groups is 1. The third-order valence-electron chi connectivity index (χ3n) is 4.07. The van der Waals surface area contributed by atoms with Gasteiger partial charge in [-0.05, 0) is 12.1 Å². The number of carbonyl (C=O) groups excluding carboxylic acids is 1. The number of nitro benzene ring substituents is 1. The van der Waals surface area contributed by atoms with Gasteiger partial charge in [-0.25, -0.2) is 9.78 Å². The Hall–Kier alpha value is -4.14. The van der Waals surface area contributed by atoms with Crippen molar-refractivity contribution in [3.8, 4) is 22.8 Å². The average molecular weight is 394 g/mol. The lowest BCUT2D eigenvalue weighted by atomic mass is 10.1. The van der Waals surface area contributed by atoms with Crippen LogP contribution in [0.2, 0.25) is 0 Å². The van der Waals surface area contributed by atoms with Crippen molar-refractivity contribution in [3.63, 3.8) is 0 Å². The molecule has 0 saturated heterocycles. The maximum atomic E-state index is 12.0. The van der Waals surface area contributed by atoms with Crippen LogP contribution in [0, 0.1) is 10.1 Å². The molecule has 0 bridgehead atoms. The lowest BCUT2D eigenvalue weighted by Crippen LogP contribution is -2.01. The summed E-state index contributed by atoms with van der Waals surface area (Å²) in [5.41, 5.74) is 0.838. The predicted molar refractivity (Wildman–Crippen MR) is 100.0 cm³/mol. The Labute approximate surface area is 164 Å². The fourth-order valence-corrected chi connectivity index (χ4v) is 2.69. The molecule has 2 aromatic carbocycles. The van der Waals surface area contributed by atoms with Crippen molar-refractivity contribution in [1.82, 2.24) is 4.98 Å². The quantitative estimate of drug-likeness (QED) is 0.269. The molecule has 0 amide bonds. The lowest BCUT2D eigenvalue weighted by Gasteiger charge is -2.01. The first-order valence-corrected chi connectivity index (χ1v) is 8.53. The number of aromatic nitrogens is 1. The van der Waals surface area contributed by atoms with Crippen LogP contribution >= 0.6 is 0 Å². The Morgan fingerprint density at radius 1 is 1.21 bits per heavy atom. The molecule has 4 rings (SSSR count).